The van der Waals surface area contributed by atoms with Gasteiger partial charge in [-0.15, -0.1) is 0 Å². The molecule has 2 N–H and O–H groups in total. The number of carbonyl (C=O) groups excluding carboxylic acids is 1. The first kappa shape index (κ1) is 16.4. The standard InChI is InChI=1S/C11H14BrClN2O3S/c1-2-14-11(16)5-6-15-19(17,18)8-3-4-10(13)9(12)7-8/h3-4,7,15H,2,5-6H2,1H3,(H,14,16). The summed E-state index contributed by atoms with van der Waals surface area (Å²) in [6.45, 7) is 2.37. The third-order valence-electron chi connectivity index (χ3n) is 2.22. The molecule has 0 spiro atoms. The van der Waals surface area contributed by atoms with Crippen LogP contribution in [-0.4, -0.2) is 27.4 Å². The number of amides is 1. The number of carbonyl (C=O) groups is 1. The lowest BCUT2D eigenvalue weighted by Gasteiger charge is -2.07. The molecule has 1 rings (SSSR count). The summed E-state index contributed by atoms with van der Waals surface area (Å²) in [5, 5.41) is 3.02. The molecule has 0 aliphatic rings. The molecule has 0 bridgehead atoms. The molecule has 0 radical (unpaired) electrons. The molecule has 5 nitrogen and oxygen atoms in total. The van der Waals surface area contributed by atoms with Gasteiger partial charge in [-0.2, -0.15) is 0 Å². The first-order valence-electron chi connectivity index (χ1n) is 5.58. The third kappa shape index (κ3) is 5.10. The average Bonchev–Trinajstić information content (AvgIpc) is 2.32. The zero-order valence-electron chi connectivity index (χ0n) is 10.2. The van der Waals surface area contributed by atoms with Crippen molar-refractivity contribution in [1.29, 1.82) is 0 Å². The monoisotopic (exact) mass is 368 g/mol. The van der Waals surface area contributed by atoms with E-state index in [1.807, 2.05) is 0 Å². The van der Waals surface area contributed by atoms with E-state index in [0.717, 1.165) is 0 Å². The van der Waals surface area contributed by atoms with Crippen molar-refractivity contribution in [2.45, 2.75) is 18.2 Å². The first-order valence-corrected chi connectivity index (χ1v) is 8.23. The summed E-state index contributed by atoms with van der Waals surface area (Å²) in [5.74, 6) is -0.192. The van der Waals surface area contributed by atoms with Gasteiger partial charge in [0.25, 0.3) is 0 Å². The van der Waals surface area contributed by atoms with E-state index >= 15 is 0 Å². The largest absolute Gasteiger partial charge is 0.356 e. The lowest BCUT2D eigenvalue weighted by molar-refractivity contribution is -0.120. The van der Waals surface area contributed by atoms with Gasteiger partial charge in [-0.25, -0.2) is 13.1 Å². The van der Waals surface area contributed by atoms with E-state index in [9.17, 15) is 13.2 Å². The number of hydrogen-bond acceptors (Lipinski definition) is 3. The first-order chi connectivity index (χ1) is 8.86. The van der Waals surface area contributed by atoms with Gasteiger partial charge >= 0.3 is 0 Å². The lowest BCUT2D eigenvalue weighted by Crippen LogP contribution is -2.30. The Kier molecular flexibility index (Phi) is 6.25. The number of sulfonamides is 1. The molecule has 0 aliphatic carbocycles. The smallest absolute Gasteiger partial charge is 0.240 e. The predicted molar refractivity (Wildman–Crippen MR) is 77.6 cm³/mol. The van der Waals surface area contributed by atoms with Crippen LogP contribution in [0.15, 0.2) is 27.6 Å². The van der Waals surface area contributed by atoms with Gasteiger partial charge < -0.3 is 5.32 Å². The van der Waals surface area contributed by atoms with Gasteiger partial charge in [-0.05, 0) is 41.1 Å². The van der Waals surface area contributed by atoms with E-state index in [2.05, 4.69) is 26.0 Å². The van der Waals surface area contributed by atoms with Crippen LogP contribution in [0, 0.1) is 0 Å². The molecule has 1 aromatic rings. The van der Waals surface area contributed by atoms with Gasteiger partial charge in [0.1, 0.15) is 0 Å². The van der Waals surface area contributed by atoms with Crippen LogP contribution < -0.4 is 10.0 Å². The van der Waals surface area contributed by atoms with Crippen molar-refractivity contribution in [2.24, 2.45) is 0 Å². The van der Waals surface area contributed by atoms with Gasteiger partial charge in [0, 0.05) is 24.0 Å². The molecule has 0 unspecified atom stereocenters. The Morgan fingerprint density at radius 1 is 1.42 bits per heavy atom. The maximum absolute atomic E-state index is 11.9. The van der Waals surface area contributed by atoms with Gasteiger partial charge in [0.2, 0.25) is 15.9 Å². The van der Waals surface area contributed by atoms with Gasteiger partial charge in [0.05, 0.1) is 9.92 Å². The summed E-state index contributed by atoms with van der Waals surface area (Å²) in [5.41, 5.74) is 0. The minimum Gasteiger partial charge on any atom is -0.356 e. The average molecular weight is 370 g/mol. The summed E-state index contributed by atoms with van der Waals surface area (Å²) in [7, 11) is -3.63. The highest BCUT2D eigenvalue weighted by Crippen LogP contribution is 2.25. The molecular weight excluding hydrogens is 356 g/mol. The lowest BCUT2D eigenvalue weighted by atomic mass is 10.4. The highest BCUT2D eigenvalue weighted by atomic mass is 79.9. The minimum atomic E-state index is -3.63. The SMILES string of the molecule is CCNC(=O)CCNS(=O)(=O)c1ccc(Cl)c(Br)c1. The molecule has 0 aliphatic heterocycles. The van der Waals surface area contributed by atoms with Crippen LogP contribution in [0.5, 0.6) is 0 Å². The van der Waals surface area contributed by atoms with Gasteiger partial charge in [-0.3, -0.25) is 4.79 Å². The predicted octanol–water partition coefficient (Wildman–Crippen LogP) is 1.91. The Hall–Kier alpha value is -0.630. The fourth-order valence-corrected chi connectivity index (χ4v) is 3.02. The Balaban J connectivity index is 2.66. The molecular formula is C11H14BrClN2O3S. The summed E-state index contributed by atoms with van der Waals surface area (Å²) in [6, 6.07) is 4.31. The molecule has 0 saturated heterocycles. The van der Waals surface area contributed by atoms with Crippen molar-refractivity contribution in [2.75, 3.05) is 13.1 Å². The molecule has 0 saturated carbocycles. The third-order valence-corrected chi connectivity index (χ3v) is 4.89. The van der Waals surface area contributed by atoms with Crippen molar-refractivity contribution in [1.82, 2.24) is 10.0 Å². The van der Waals surface area contributed by atoms with E-state index in [0.29, 0.717) is 16.0 Å². The molecule has 1 aromatic carbocycles. The van der Waals surface area contributed by atoms with E-state index < -0.39 is 10.0 Å². The van der Waals surface area contributed by atoms with E-state index in [1.165, 1.54) is 18.2 Å². The van der Waals surface area contributed by atoms with Crippen LogP contribution in [0.1, 0.15) is 13.3 Å². The van der Waals surface area contributed by atoms with E-state index in [1.54, 1.807) is 6.92 Å². The number of rotatable bonds is 6. The number of nitrogens with one attached hydrogen (secondary N) is 2. The fourth-order valence-electron chi connectivity index (χ4n) is 1.31. The van der Waals surface area contributed by atoms with Crippen LogP contribution in [-0.2, 0) is 14.8 Å². The normalized spacial score (nSPS) is 11.3. The molecule has 106 valence electrons. The summed E-state index contributed by atoms with van der Waals surface area (Å²) in [6.07, 6.45) is 0.0990. The molecule has 0 heterocycles. The van der Waals surface area contributed by atoms with Crippen LogP contribution in [0.2, 0.25) is 5.02 Å². The number of hydrogen-bond donors (Lipinski definition) is 2. The molecule has 19 heavy (non-hydrogen) atoms. The molecule has 0 atom stereocenters. The maximum Gasteiger partial charge on any atom is 0.240 e. The minimum absolute atomic E-state index is 0.0500. The Bertz CT molecular complexity index is 563. The Labute approximate surface area is 125 Å². The highest BCUT2D eigenvalue weighted by molar-refractivity contribution is 9.10. The van der Waals surface area contributed by atoms with E-state index in [-0.39, 0.29) is 23.8 Å². The van der Waals surface area contributed by atoms with Crippen molar-refractivity contribution in [3.05, 3.63) is 27.7 Å². The molecule has 8 heteroatoms. The summed E-state index contributed by atoms with van der Waals surface area (Å²) in [4.78, 5) is 11.3. The second kappa shape index (κ2) is 7.23. The number of benzene rings is 1. The quantitative estimate of drug-likeness (QED) is 0.804. The van der Waals surface area contributed by atoms with Gasteiger partial charge in [-0.1, -0.05) is 11.6 Å². The van der Waals surface area contributed by atoms with Crippen LogP contribution in [0.25, 0.3) is 0 Å². The number of halogens is 2. The topological polar surface area (TPSA) is 75.3 Å². The van der Waals surface area contributed by atoms with Crippen molar-refractivity contribution >= 4 is 43.5 Å². The molecule has 0 aromatic heterocycles. The molecule has 0 fully saturated rings. The van der Waals surface area contributed by atoms with Crippen molar-refractivity contribution in [3.63, 3.8) is 0 Å². The second-order valence-corrected chi connectivity index (χ2v) is 6.71. The maximum atomic E-state index is 11.9. The summed E-state index contributed by atoms with van der Waals surface area (Å²) < 4.78 is 26.7. The van der Waals surface area contributed by atoms with Crippen molar-refractivity contribution in [3.8, 4) is 0 Å². The zero-order valence-corrected chi connectivity index (χ0v) is 13.4. The van der Waals surface area contributed by atoms with Crippen LogP contribution >= 0.6 is 27.5 Å². The Morgan fingerprint density at radius 3 is 2.68 bits per heavy atom. The van der Waals surface area contributed by atoms with Crippen molar-refractivity contribution < 1.29 is 13.2 Å². The Morgan fingerprint density at radius 2 is 2.11 bits per heavy atom. The second-order valence-electron chi connectivity index (χ2n) is 3.68. The van der Waals surface area contributed by atoms with Crippen LogP contribution in [0.4, 0.5) is 0 Å². The summed E-state index contributed by atoms with van der Waals surface area (Å²) >= 11 is 8.96. The fraction of sp³-hybridized carbons (Fsp3) is 0.364. The highest BCUT2D eigenvalue weighted by Gasteiger charge is 2.15. The van der Waals surface area contributed by atoms with Crippen LogP contribution in [0.3, 0.4) is 0 Å². The van der Waals surface area contributed by atoms with Gasteiger partial charge in [0.15, 0.2) is 0 Å². The van der Waals surface area contributed by atoms with E-state index in [4.69, 9.17) is 11.6 Å². The zero-order chi connectivity index (χ0) is 14.5. The molecule has 1 amide bonds.